The van der Waals surface area contributed by atoms with Gasteiger partial charge in [-0.2, -0.15) is 0 Å². The molecule has 1 unspecified atom stereocenters. The molecule has 3 heteroatoms. The van der Waals surface area contributed by atoms with Crippen LogP contribution in [0.5, 0.6) is 0 Å². The molecular formula is C19H25NO2. The lowest BCUT2D eigenvalue weighted by Crippen LogP contribution is -2.37. The number of hydrogen-bond donors (Lipinski definition) is 0. The third-order valence-corrected chi connectivity index (χ3v) is 4.20. The standard InChI is InChI=1S/C19H25NO2/c1-15(16-11-7-5-8-12-16)20(2)18(19(21-3)22-4)17-13-9-6-10-14-17/h5-15,18-19H,1-4H3/t15-,18?/m1/s1. The van der Waals surface area contributed by atoms with Crippen molar-refractivity contribution in [2.75, 3.05) is 21.3 Å². The van der Waals surface area contributed by atoms with Crippen molar-refractivity contribution in [1.29, 1.82) is 0 Å². The fraction of sp³-hybridized carbons (Fsp3) is 0.368. The molecule has 2 aromatic rings. The van der Waals surface area contributed by atoms with Crippen molar-refractivity contribution in [2.24, 2.45) is 0 Å². The zero-order valence-electron chi connectivity index (χ0n) is 13.8. The molecule has 0 saturated heterocycles. The Morgan fingerprint density at radius 1 is 0.773 bits per heavy atom. The van der Waals surface area contributed by atoms with E-state index in [4.69, 9.17) is 9.47 Å². The summed E-state index contributed by atoms with van der Waals surface area (Å²) in [6, 6.07) is 21.1. The minimum atomic E-state index is -0.321. The predicted molar refractivity (Wildman–Crippen MR) is 89.6 cm³/mol. The molecule has 0 aliphatic heterocycles. The summed E-state index contributed by atoms with van der Waals surface area (Å²) in [5.74, 6) is 0. The van der Waals surface area contributed by atoms with E-state index in [1.165, 1.54) is 11.1 Å². The second-order valence-electron chi connectivity index (χ2n) is 5.45. The first-order chi connectivity index (χ1) is 10.7. The van der Waals surface area contributed by atoms with E-state index in [0.717, 1.165) is 0 Å². The van der Waals surface area contributed by atoms with Crippen LogP contribution < -0.4 is 0 Å². The van der Waals surface area contributed by atoms with Gasteiger partial charge < -0.3 is 9.47 Å². The number of hydrogen-bond acceptors (Lipinski definition) is 3. The second kappa shape index (κ2) is 8.08. The summed E-state index contributed by atoms with van der Waals surface area (Å²) in [4.78, 5) is 2.29. The van der Waals surface area contributed by atoms with Crippen LogP contribution in [0.15, 0.2) is 60.7 Å². The van der Waals surface area contributed by atoms with Crippen molar-refractivity contribution in [3.63, 3.8) is 0 Å². The van der Waals surface area contributed by atoms with Crippen molar-refractivity contribution in [1.82, 2.24) is 4.90 Å². The molecular weight excluding hydrogens is 274 g/mol. The number of methoxy groups -OCH3 is 2. The van der Waals surface area contributed by atoms with Gasteiger partial charge in [-0.1, -0.05) is 60.7 Å². The van der Waals surface area contributed by atoms with E-state index in [1.807, 2.05) is 24.3 Å². The molecule has 2 aromatic carbocycles. The van der Waals surface area contributed by atoms with E-state index in [2.05, 4.69) is 55.3 Å². The van der Waals surface area contributed by atoms with Crippen LogP contribution in [0.3, 0.4) is 0 Å². The van der Waals surface area contributed by atoms with Gasteiger partial charge in [-0.05, 0) is 25.1 Å². The third kappa shape index (κ3) is 3.74. The molecule has 118 valence electrons. The van der Waals surface area contributed by atoms with E-state index in [-0.39, 0.29) is 18.4 Å². The number of rotatable bonds is 7. The van der Waals surface area contributed by atoms with E-state index in [0.29, 0.717) is 0 Å². The van der Waals surface area contributed by atoms with Crippen LogP contribution in [0.25, 0.3) is 0 Å². The summed E-state index contributed by atoms with van der Waals surface area (Å²) in [5.41, 5.74) is 2.46. The molecule has 2 rings (SSSR count). The van der Waals surface area contributed by atoms with Gasteiger partial charge in [0.1, 0.15) is 0 Å². The molecule has 0 bridgehead atoms. The molecule has 22 heavy (non-hydrogen) atoms. The third-order valence-electron chi connectivity index (χ3n) is 4.20. The summed E-state index contributed by atoms with van der Waals surface area (Å²) in [7, 11) is 5.48. The number of ether oxygens (including phenoxy) is 2. The topological polar surface area (TPSA) is 21.7 Å². The van der Waals surface area contributed by atoms with Crippen LogP contribution in [-0.2, 0) is 9.47 Å². The fourth-order valence-electron chi connectivity index (χ4n) is 2.80. The van der Waals surface area contributed by atoms with E-state index >= 15 is 0 Å². The maximum Gasteiger partial charge on any atom is 0.176 e. The van der Waals surface area contributed by atoms with Gasteiger partial charge in [0.25, 0.3) is 0 Å². The Morgan fingerprint density at radius 3 is 1.68 bits per heavy atom. The average Bonchev–Trinajstić information content (AvgIpc) is 2.60. The lowest BCUT2D eigenvalue weighted by atomic mass is 10.0. The summed E-state index contributed by atoms with van der Waals surface area (Å²) in [6.45, 7) is 2.20. The highest BCUT2D eigenvalue weighted by Crippen LogP contribution is 2.32. The van der Waals surface area contributed by atoms with Gasteiger partial charge in [0, 0.05) is 20.3 Å². The molecule has 0 amide bonds. The van der Waals surface area contributed by atoms with Crippen molar-refractivity contribution >= 4 is 0 Å². The monoisotopic (exact) mass is 299 g/mol. The molecule has 0 spiro atoms. The fourth-order valence-corrected chi connectivity index (χ4v) is 2.80. The van der Waals surface area contributed by atoms with Crippen molar-refractivity contribution in [3.8, 4) is 0 Å². The molecule has 0 radical (unpaired) electrons. The Kier molecular flexibility index (Phi) is 6.13. The highest BCUT2D eigenvalue weighted by atomic mass is 16.7. The van der Waals surface area contributed by atoms with Gasteiger partial charge in [0.05, 0.1) is 6.04 Å². The summed E-state index contributed by atoms with van der Waals surface area (Å²) in [5, 5.41) is 0. The molecule has 0 saturated carbocycles. The lowest BCUT2D eigenvalue weighted by molar-refractivity contribution is -0.150. The van der Waals surface area contributed by atoms with E-state index in [1.54, 1.807) is 14.2 Å². The Hall–Kier alpha value is -1.68. The Bertz CT molecular complexity index is 540. The highest BCUT2D eigenvalue weighted by Gasteiger charge is 2.30. The average molecular weight is 299 g/mol. The predicted octanol–water partition coefficient (Wildman–Crippen LogP) is 4.04. The number of benzene rings is 2. The summed E-state index contributed by atoms with van der Waals surface area (Å²) < 4.78 is 11.1. The van der Waals surface area contributed by atoms with Gasteiger partial charge >= 0.3 is 0 Å². The maximum absolute atomic E-state index is 5.56. The van der Waals surface area contributed by atoms with Crippen LogP contribution in [0, 0.1) is 0 Å². The van der Waals surface area contributed by atoms with Crippen LogP contribution in [-0.4, -0.2) is 32.5 Å². The summed E-state index contributed by atoms with van der Waals surface area (Å²) >= 11 is 0. The van der Waals surface area contributed by atoms with Crippen molar-refractivity contribution < 1.29 is 9.47 Å². The molecule has 0 aliphatic carbocycles. The van der Waals surface area contributed by atoms with Crippen molar-refractivity contribution in [3.05, 3.63) is 71.8 Å². The van der Waals surface area contributed by atoms with Gasteiger partial charge in [-0.15, -0.1) is 0 Å². The minimum absolute atomic E-state index is 0.0198. The molecule has 0 aromatic heterocycles. The van der Waals surface area contributed by atoms with Gasteiger partial charge in [-0.3, -0.25) is 4.90 Å². The molecule has 2 atom stereocenters. The lowest BCUT2D eigenvalue weighted by Gasteiger charge is -2.37. The first-order valence-corrected chi connectivity index (χ1v) is 7.56. The van der Waals surface area contributed by atoms with Crippen LogP contribution in [0.2, 0.25) is 0 Å². The summed E-state index contributed by atoms with van der Waals surface area (Å²) in [6.07, 6.45) is -0.321. The Balaban J connectivity index is 2.32. The first-order valence-electron chi connectivity index (χ1n) is 7.56. The van der Waals surface area contributed by atoms with Crippen LogP contribution in [0.4, 0.5) is 0 Å². The molecule has 3 nitrogen and oxygen atoms in total. The molecule has 0 fully saturated rings. The minimum Gasteiger partial charge on any atom is -0.354 e. The Morgan fingerprint density at radius 2 is 1.23 bits per heavy atom. The van der Waals surface area contributed by atoms with Gasteiger partial charge in [0.2, 0.25) is 0 Å². The number of nitrogens with zero attached hydrogens (tertiary/aromatic N) is 1. The van der Waals surface area contributed by atoms with Gasteiger partial charge in [0.15, 0.2) is 6.29 Å². The second-order valence-corrected chi connectivity index (χ2v) is 5.45. The Labute approximate surface area is 133 Å². The molecule has 0 aliphatic rings. The van der Waals surface area contributed by atoms with Crippen molar-refractivity contribution in [2.45, 2.75) is 25.3 Å². The zero-order valence-corrected chi connectivity index (χ0v) is 13.8. The maximum atomic E-state index is 5.56. The number of likely N-dealkylation sites (N-methyl/N-ethyl adjacent to an activating group) is 1. The molecule has 0 heterocycles. The quantitative estimate of drug-likeness (QED) is 0.720. The SMILES string of the molecule is COC(OC)C(c1ccccc1)N(C)[C@H](C)c1ccccc1. The van der Waals surface area contributed by atoms with E-state index < -0.39 is 0 Å². The molecule has 0 N–H and O–H groups in total. The van der Waals surface area contributed by atoms with Crippen LogP contribution in [0.1, 0.15) is 30.1 Å². The van der Waals surface area contributed by atoms with Crippen LogP contribution >= 0.6 is 0 Å². The highest BCUT2D eigenvalue weighted by molar-refractivity contribution is 5.23. The van der Waals surface area contributed by atoms with E-state index in [9.17, 15) is 0 Å². The normalized spacial score (nSPS) is 14.3. The smallest absolute Gasteiger partial charge is 0.176 e. The zero-order chi connectivity index (χ0) is 15.9. The first kappa shape index (κ1) is 16.7. The van der Waals surface area contributed by atoms with Gasteiger partial charge in [-0.25, -0.2) is 0 Å². The largest absolute Gasteiger partial charge is 0.354 e.